The molecule has 0 aromatic heterocycles. The molecule has 1 unspecified atom stereocenters. The van der Waals surface area contributed by atoms with Crippen molar-refractivity contribution in [3.05, 3.63) is 0 Å². The molecule has 0 spiro atoms. The topological polar surface area (TPSA) is 29.3 Å². The van der Waals surface area contributed by atoms with Crippen LogP contribution in [0.4, 0.5) is 0 Å². The van der Waals surface area contributed by atoms with Gasteiger partial charge in [0.25, 0.3) is 0 Å². The standard InChI is InChI=1S/C10H22N2/c1-10(2,3)12-7-5-4-6-9(11)8-12/h9H,4-8,11H2,1-3H3. The van der Waals surface area contributed by atoms with Gasteiger partial charge in [-0.1, -0.05) is 6.42 Å². The van der Waals surface area contributed by atoms with Crippen molar-refractivity contribution in [1.82, 2.24) is 4.90 Å². The Morgan fingerprint density at radius 3 is 2.50 bits per heavy atom. The molecule has 72 valence electrons. The molecule has 0 radical (unpaired) electrons. The fourth-order valence-electron chi connectivity index (χ4n) is 1.78. The van der Waals surface area contributed by atoms with Gasteiger partial charge < -0.3 is 5.73 Å². The predicted molar refractivity (Wildman–Crippen MR) is 53.2 cm³/mol. The number of likely N-dealkylation sites (tertiary alicyclic amines) is 1. The molecular weight excluding hydrogens is 148 g/mol. The van der Waals surface area contributed by atoms with Crippen LogP contribution in [0.15, 0.2) is 0 Å². The molecule has 0 amide bonds. The van der Waals surface area contributed by atoms with E-state index in [-0.39, 0.29) is 0 Å². The molecule has 12 heavy (non-hydrogen) atoms. The third-order valence-corrected chi connectivity index (χ3v) is 2.66. The fraction of sp³-hybridized carbons (Fsp3) is 1.00. The maximum absolute atomic E-state index is 5.98. The first-order chi connectivity index (χ1) is 5.50. The van der Waals surface area contributed by atoms with Crippen molar-refractivity contribution >= 4 is 0 Å². The highest BCUT2D eigenvalue weighted by Gasteiger charge is 2.24. The van der Waals surface area contributed by atoms with Crippen LogP contribution in [0.1, 0.15) is 40.0 Å². The molecule has 1 aliphatic rings. The van der Waals surface area contributed by atoms with E-state index in [2.05, 4.69) is 25.7 Å². The summed E-state index contributed by atoms with van der Waals surface area (Å²) in [5.41, 5.74) is 6.27. The lowest BCUT2D eigenvalue weighted by Crippen LogP contribution is -2.46. The van der Waals surface area contributed by atoms with E-state index >= 15 is 0 Å². The van der Waals surface area contributed by atoms with Gasteiger partial charge in [-0.3, -0.25) is 4.90 Å². The minimum Gasteiger partial charge on any atom is -0.327 e. The molecule has 1 rings (SSSR count). The molecule has 1 aliphatic heterocycles. The van der Waals surface area contributed by atoms with Crippen molar-refractivity contribution in [2.75, 3.05) is 13.1 Å². The first-order valence-electron chi connectivity index (χ1n) is 5.01. The smallest absolute Gasteiger partial charge is 0.0168 e. The fourth-order valence-corrected chi connectivity index (χ4v) is 1.78. The number of rotatable bonds is 0. The summed E-state index contributed by atoms with van der Waals surface area (Å²) in [5.74, 6) is 0. The van der Waals surface area contributed by atoms with E-state index in [4.69, 9.17) is 5.73 Å². The first-order valence-corrected chi connectivity index (χ1v) is 5.01. The summed E-state index contributed by atoms with van der Waals surface area (Å²) >= 11 is 0. The lowest BCUT2D eigenvalue weighted by Gasteiger charge is -2.35. The molecular formula is C10H22N2. The summed E-state index contributed by atoms with van der Waals surface area (Å²) in [6.07, 6.45) is 3.81. The third-order valence-electron chi connectivity index (χ3n) is 2.66. The van der Waals surface area contributed by atoms with Crippen molar-refractivity contribution in [2.24, 2.45) is 5.73 Å². The van der Waals surface area contributed by atoms with Gasteiger partial charge in [0.05, 0.1) is 0 Å². The van der Waals surface area contributed by atoms with Crippen LogP contribution in [0.2, 0.25) is 0 Å². The van der Waals surface area contributed by atoms with E-state index in [0.29, 0.717) is 11.6 Å². The van der Waals surface area contributed by atoms with Crippen molar-refractivity contribution < 1.29 is 0 Å². The Morgan fingerprint density at radius 2 is 1.92 bits per heavy atom. The van der Waals surface area contributed by atoms with Crippen LogP contribution in [-0.4, -0.2) is 29.6 Å². The first kappa shape index (κ1) is 10.0. The van der Waals surface area contributed by atoms with Gasteiger partial charge in [0.15, 0.2) is 0 Å². The van der Waals surface area contributed by atoms with E-state index in [1.807, 2.05) is 0 Å². The Balaban J connectivity index is 2.52. The average Bonchev–Trinajstić information content (AvgIpc) is 2.11. The van der Waals surface area contributed by atoms with Gasteiger partial charge in [0.1, 0.15) is 0 Å². The van der Waals surface area contributed by atoms with Gasteiger partial charge in [0.2, 0.25) is 0 Å². The molecule has 0 aromatic carbocycles. The number of hydrogen-bond acceptors (Lipinski definition) is 2. The maximum atomic E-state index is 5.98. The predicted octanol–water partition coefficient (Wildman–Crippen LogP) is 1.60. The van der Waals surface area contributed by atoms with Crippen molar-refractivity contribution in [3.63, 3.8) is 0 Å². The van der Waals surface area contributed by atoms with Crippen LogP contribution < -0.4 is 5.73 Å². The van der Waals surface area contributed by atoms with Crippen LogP contribution in [0.3, 0.4) is 0 Å². The Morgan fingerprint density at radius 1 is 1.25 bits per heavy atom. The Hall–Kier alpha value is -0.0800. The summed E-state index contributed by atoms with van der Waals surface area (Å²) in [6.45, 7) is 9.10. The molecule has 0 aromatic rings. The zero-order valence-corrected chi connectivity index (χ0v) is 8.64. The lowest BCUT2D eigenvalue weighted by molar-refractivity contribution is 0.136. The zero-order chi connectivity index (χ0) is 9.19. The monoisotopic (exact) mass is 170 g/mol. The Bertz CT molecular complexity index is 137. The number of hydrogen-bond donors (Lipinski definition) is 1. The number of nitrogens with zero attached hydrogens (tertiary/aromatic N) is 1. The van der Waals surface area contributed by atoms with Crippen LogP contribution in [0.5, 0.6) is 0 Å². The van der Waals surface area contributed by atoms with Gasteiger partial charge in [0, 0.05) is 18.1 Å². The molecule has 0 aliphatic carbocycles. The summed E-state index contributed by atoms with van der Waals surface area (Å²) in [5, 5.41) is 0. The maximum Gasteiger partial charge on any atom is 0.0168 e. The quantitative estimate of drug-likeness (QED) is 0.598. The summed E-state index contributed by atoms with van der Waals surface area (Å²) in [6, 6.07) is 0.395. The van der Waals surface area contributed by atoms with E-state index in [1.165, 1.54) is 25.8 Å². The average molecular weight is 170 g/mol. The second-order valence-corrected chi connectivity index (χ2v) is 4.87. The van der Waals surface area contributed by atoms with Crippen LogP contribution >= 0.6 is 0 Å². The van der Waals surface area contributed by atoms with E-state index in [0.717, 1.165) is 6.54 Å². The minimum atomic E-state index is 0.294. The molecule has 0 bridgehead atoms. The van der Waals surface area contributed by atoms with Crippen LogP contribution in [-0.2, 0) is 0 Å². The number of nitrogens with two attached hydrogens (primary N) is 1. The Labute approximate surface area is 76.1 Å². The van der Waals surface area contributed by atoms with Crippen LogP contribution in [0, 0.1) is 0 Å². The second-order valence-electron chi connectivity index (χ2n) is 4.87. The van der Waals surface area contributed by atoms with E-state index in [9.17, 15) is 0 Å². The summed E-state index contributed by atoms with van der Waals surface area (Å²) in [4.78, 5) is 2.50. The highest BCUT2D eigenvalue weighted by Crippen LogP contribution is 2.18. The molecule has 0 saturated carbocycles. The normalized spacial score (nSPS) is 28.5. The van der Waals surface area contributed by atoms with Gasteiger partial charge in [-0.2, -0.15) is 0 Å². The lowest BCUT2D eigenvalue weighted by atomic mass is 10.1. The van der Waals surface area contributed by atoms with E-state index in [1.54, 1.807) is 0 Å². The molecule has 2 heteroatoms. The van der Waals surface area contributed by atoms with E-state index < -0.39 is 0 Å². The van der Waals surface area contributed by atoms with Gasteiger partial charge in [-0.15, -0.1) is 0 Å². The molecule has 2 nitrogen and oxygen atoms in total. The van der Waals surface area contributed by atoms with Crippen molar-refractivity contribution in [1.29, 1.82) is 0 Å². The summed E-state index contributed by atoms with van der Waals surface area (Å²) in [7, 11) is 0. The zero-order valence-electron chi connectivity index (χ0n) is 8.64. The third kappa shape index (κ3) is 2.76. The second kappa shape index (κ2) is 3.75. The molecule has 1 fully saturated rings. The molecule has 2 N–H and O–H groups in total. The largest absolute Gasteiger partial charge is 0.327 e. The SMILES string of the molecule is CC(C)(C)N1CCCCC(N)C1. The highest BCUT2D eigenvalue weighted by molar-refractivity contribution is 4.82. The molecule has 1 saturated heterocycles. The van der Waals surface area contributed by atoms with Gasteiger partial charge >= 0.3 is 0 Å². The highest BCUT2D eigenvalue weighted by atomic mass is 15.2. The summed E-state index contributed by atoms with van der Waals surface area (Å²) < 4.78 is 0. The van der Waals surface area contributed by atoms with Crippen molar-refractivity contribution in [3.8, 4) is 0 Å². The Kier molecular flexibility index (Phi) is 3.13. The van der Waals surface area contributed by atoms with Crippen molar-refractivity contribution in [2.45, 2.75) is 51.6 Å². The van der Waals surface area contributed by atoms with Gasteiger partial charge in [-0.05, 0) is 40.2 Å². The molecule has 1 atom stereocenters. The minimum absolute atomic E-state index is 0.294. The van der Waals surface area contributed by atoms with Crippen LogP contribution in [0.25, 0.3) is 0 Å². The molecule has 1 heterocycles. The van der Waals surface area contributed by atoms with Gasteiger partial charge in [-0.25, -0.2) is 0 Å².